The van der Waals surface area contributed by atoms with Crippen molar-refractivity contribution in [2.75, 3.05) is 0 Å². The fourth-order valence-electron chi connectivity index (χ4n) is 6.34. The molecule has 2 nitrogen and oxygen atoms in total. The van der Waals surface area contributed by atoms with Gasteiger partial charge in [0.15, 0.2) is 17.2 Å². The summed E-state index contributed by atoms with van der Waals surface area (Å²) in [5.74, 6) is 0. The fraction of sp³-hybridized carbons (Fsp3) is 0.214. The molecule has 0 spiro atoms. The molecule has 2 aliphatic carbocycles. The van der Waals surface area contributed by atoms with Crippen molar-refractivity contribution < 1.29 is 132 Å². The van der Waals surface area contributed by atoms with Crippen molar-refractivity contribution in [1.82, 2.24) is 0 Å². The van der Waals surface area contributed by atoms with Crippen molar-refractivity contribution in [3.05, 3.63) is 231 Å². The molecule has 0 saturated heterocycles. The Morgan fingerprint density at radius 1 is 0.244 bits per heavy atom. The van der Waals surface area contributed by atoms with Crippen LogP contribution in [0.25, 0.3) is 0 Å². The Morgan fingerprint density at radius 3 is 0.407 bits per heavy atom. The van der Waals surface area contributed by atoms with Crippen LogP contribution in [-0.4, -0.2) is 31.7 Å². The van der Waals surface area contributed by atoms with Crippen LogP contribution in [0.1, 0.15) is 51.4 Å². The van der Waals surface area contributed by atoms with Gasteiger partial charge in [-0.25, -0.2) is 0 Å². The number of rotatable bonds is 6. The Hall–Kier alpha value is 0.967. The summed E-state index contributed by atoms with van der Waals surface area (Å²) < 4.78 is 75.0. The summed E-state index contributed by atoms with van der Waals surface area (Å²) in [5, 5.41) is 8.61. The van der Waals surface area contributed by atoms with Crippen molar-refractivity contribution >= 4 is 201 Å². The number of alkyl halides is 12. The van der Waals surface area contributed by atoms with Crippen molar-refractivity contribution in [2.24, 2.45) is 0 Å². The minimum absolute atomic E-state index is 0. The summed E-state index contributed by atoms with van der Waals surface area (Å²) in [4.78, 5) is 0. The quantitative estimate of drug-likeness (QED) is 0.0525. The molecule has 0 aliphatic heterocycles. The van der Waals surface area contributed by atoms with Crippen LogP contribution < -0.4 is 31.8 Å². The molecular formula is C56H60Au2B2Cl12F8O2P2Pt2+2. The number of hydrogen-bond acceptors (Lipinski definition) is 0. The first-order valence-electron chi connectivity index (χ1n) is 23.9. The minimum Gasteiger partial charge on any atom is -2.00 e. The first kappa shape index (κ1) is 103. The predicted molar refractivity (Wildman–Crippen MR) is 354 cm³/mol. The zero-order valence-corrected chi connectivity index (χ0v) is 64.6. The van der Waals surface area contributed by atoms with Crippen molar-refractivity contribution in [3.8, 4) is 0 Å². The predicted octanol–water partition coefficient (Wildman–Crippen LogP) is 22.0. The summed E-state index contributed by atoms with van der Waals surface area (Å²) in [6.45, 7) is 0. The van der Waals surface area contributed by atoms with Crippen LogP contribution >= 0.6 is 155 Å². The number of halogens is 20. The summed E-state index contributed by atoms with van der Waals surface area (Å²) in [6.07, 6.45) is 28.0. The summed E-state index contributed by atoms with van der Waals surface area (Å²) in [5.41, 5.74) is 0. The second kappa shape index (κ2) is 68.8. The molecule has 0 heterocycles. The molecule has 6 aromatic rings. The number of hydrogen-bond donors (Lipinski definition) is 0. The maximum Gasteiger partial charge on any atom is 2.00 e. The van der Waals surface area contributed by atoms with Gasteiger partial charge in [0.05, 0.1) is 15.8 Å². The Bertz CT molecular complexity index is 2020. The average molecular weight is 2210 g/mol. The molecule has 0 atom stereocenters. The van der Waals surface area contributed by atoms with Crippen LogP contribution in [-0.2, 0) is 97.8 Å². The van der Waals surface area contributed by atoms with Gasteiger partial charge in [-0.2, -0.15) is 0 Å². The normalized spacial score (nSPS) is 13.0. The molecular weight excluding hydrogens is 2150 g/mol. The van der Waals surface area contributed by atoms with Gasteiger partial charge < -0.3 is 45.5 Å². The minimum atomic E-state index is -6.00. The van der Waals surface area contributed by atoms with Crippen LogP contribution in [0.5, 0.6) is 0 Å². The van der Waals surface area contributed by atoms with Crippen molar-refractivity contribution in [2.45, 2.75) is 68.5 Å². The molecule has 6 aromatic carbocycles. The van der Waals surface area contributed by atoms with Gasteiger partial charge in [-0.15, -0.1) is 0 Å². The molecule has 492 valence electrons. The van der Waals surface area contributed by atoms with Gasteiger partial charge in [0.1, 0.15) is 31.8 Å². The molecule has 0 unspecified atom stereocenters. The summed E-state index contributed by atoms with van der Waals surface area (Å²) in [7, 11) is -13.8. The standard InChI is InChI=1S/2C18H15P.2C8H12.4CHCl3.2Au.2BF4.2O.2Pt/c2*1-4-10-16(11-5-1)19(17-12-6-2-7-13-17)18-14-8-3-9-15-18;2*1-2-4-6-8-7-5-3-1;4*2-1(3)4;;;2*2-1(3,4)5;;;;/h2*1-15H;2*1-2,7-8H,3-6H2;4*1H;;;;;;;;/q;;;;;;;;2*+1;2*-1;2*-2;2*+2/p+2/b;;2*2-1-,8-7-;;;;;;;;;;;;. The van der Waals surface area contributed by atoms with Gasteiger partial charge in [0.2, 0.25) is 0 Å². The van der Waals surface area contributed by atoms with Gasteiger partial charge in [-0.3, -0.25) is 0 Å². The fourth-order valence-corrected chi connectivity index (χ4v) is 11.5. The van der Waals surface area contributed by atoms with E-state index in [1.165, 1.54) is 83.2 Å². The van der Waals surface area contributed by atoms with E-state index in [1.54, 1.807) is 0 Å². The van der Waals surface area contributed by atoms with E-state index in [0.29, 0.717) is 0 Å². The SMILES string of the molecule is C1=C\CC/C=C\CC/1.C1=C\CC/C=C\CC/1.ClC(Cl)Cl.ClC(Cl)Cl.ClC(Cl)Cl.ClC(Cl)Cl.F[B-](F)(F)F.F[B-](F)(F)F.[Au+].[Au+].[O-2].[O-2].[Pt+2].[Pt+2].c1ccc([PH+](c2ccccc2)c2ccccc2)cc1.c1ccc([PH+](c2ccccc2)c2ccccc2)cc1. The van der Waals surface area contributed by atoms with Gasteiger partial charge >= 0.3 is 101 Å². The summed E-state index contributed by atoms with van der Waals surface area (Å²) in [6, 6.07) is 65.0. The van der Waals surface area contributed by atoms with Crippen LogP contribution in [0.15, 0.2) is 231 Å². The first-order chi connectivity index (χ1) is 37.8. The molecule has 8 rings (SSSR count). The van der Waals surface area contributed by atoms with Crippen LogP contribution in [0, 0.1) is 0 Å². The molecule has 86 heavy (non-hydrogen) atoms. The molecule has 0 amide bonds. The maximum atomic E-state index is 9.75. The van der Waals surface area contributed by atoms with Crippen molar-refractivity contribution in [1.29, 1.82) is 0 Å². The van der Waals surface area contributed by atoms with Gasteiger partial charge in [0, 0.05) is 0 Å². The van der Waals surface area contributed by atoms with Crippen LogP contribution in [0.2, 0.25) is 0 Å². The number of benzene rings is 6. The van der Waals surface area contributed by atoms with E-state index in [0.717, 1.165) is 0 Å². The Balaban J connectivity index is -0.000000140. The third kappa shape index (κ3) is 75.7. The zero-order valence-electron chi connectivity index (χ0n) is 44.7. The zero-order chi connectivity index (χ0) is 60.5. The van der Waals surface area contributed by atoms with E-state index in [-0.39, 0.29) is 97.8 Å². The van der Waals surface area contributed by atoms with Gasteiger partial charge in [-0.05, 0) is 124 Å². The van der Waals surface area contributed by atoms with Crippen LogP contribution in [0.3, 0.4) is 0 Å². The molecule has 0 bridgehead atoms. The molecule has 0 saturated carbocycles. The second-order valence-electron chi connectivity index (χ2n) is 15.1. The van der Waals surface area contributed by atoms with E-state index in [4.69, 9.17) is 139 Å². The smallest absolute Gasteiger partial charge is 2.00 e. The van der Waals surface area contributed by atoms with Gasteiger partial charge in [-0.1, -0.05) is 297 Å². The first-order valence-corrected chi connectivity index (χ1v) is 32.2. The van der Waals surface area contributed by atoms with Gasteiger partial charge in [0.25, 0.3) is 0 Å². The third-order valence-electron chi connectivity index (χ3n) is 9.04. The topological polar surface area (TPSA) is 57.0 Å². The second-order valence-corrected chi connectivity index (χ2v) is 28.0. The molecule has 0 N–H and O–H groups in total. The largest absolute Gasteiger partial charge is 2.00 e. The van der Waals surface area contributed by atoms with E-state index >= 15 is 0 Å². The van der Waals surface area contributed by atoms with E-state index < -0.39 is 47.5 Å². The van der Waals surface area contributed by atoms with E-state index in [1.807, 2.05) is 0 Å². The third-order valence-corrected chi connectivity index (χ3v) is 14.5. The maximum absolute atomic E-state index is 9.75. The molecule has 30 heteroatoms. The van der Waals surface area contributed by atoms with Crippen molar-refractivity contribution in [3.63, 3.8) is 0 Å². The molecule has 0 fully saturated rings. The van der Waals surface area contributed by atoms with E-state index in [9.17, 15) is 34.5 Å². The molecule has 0 aromatic heterocycles. The Morgan fingerprint density at radius 2 is 0.326 bits per heavy atom. The monoisotopic (exact) mass is 2200 g/mol. The number of allylic oxidation sites excluding steroid dienone is 8. The van der Waals surface area contributed by atoms with Crippen LogP contribution in [0.4, 0.5) is 34.5 Å². The summed E-state index contributed by atoms with van der Waals surface area (Å²) >= 11 is 57.7. The average Bonchev–Trinajstić information content (AvgIpc) is 3.35. The molecule has 0 radical (unpaired) electrons. The Labute approximate surface area is 625 Å². The Kier molecular flexibility index (Phi) is 82.5. The van der Waals surface area contributed by atoms with E-state index in [2.05, 4.69) is 231 Å². The molecule has 2 aliphatic rings.